The summed E-state index contributed by atoms with van der Waals surface area (Å²) in [6, 6.07) is 8.06. The minimum Gasteiger partial charge on any atom is -0.465 e. The molecule has 100 valence electrons. The standard InChI is InChI=1S/C15H18N2O2/c1-3-19-15(18)14-13-11(8-9(2)16-14)10-6-4-5-7-12(10)17-13/h4-7,9,14,16-17H,3,8H2,1-2H3. The zero-order valence-electron chi connectivity index (χ0n) is 11.2. The van der Waals surface area contributed by atoms with Gasteiger partial charge in [-0.2, -0.15) is 0 Å². The first-order valence-electron chi connectivity index (χ1n) is 6.73. The van der Waals surface area contributed by atoms with E-state index in [2.05, 4.69) is 23.3 Å². The molecule has 2 heterocycles. The summed E-state index contributed by atoms with van der Waals surface area (Å²) in [6.07, 6.45) is 0.926. The van der Waals surface area contributed by atoms with Crippen LogP contribution in [0.25, 0.3) is 10.9 Å². The molecule has 2 aromatic rings. The van der Waals surface area contributed by atoms with E-state index in [1.54, 1.807) is 0 Å². The fourth-order valence-electron chi connectivity index (χ4n) is 2.83. The smallest absolute Gasteiger partial charge is 0.329 e. The Morgan fingerprint density at radius 1 is 1.42 bits per heavy atom. The van der Waals surface area contributed by atoms with Gasteiger partial charge >= 0.3 is 5.97 Å². The number of esters is 1. The van der Waals surface area contributed by atoms with Crippen molar-refractivity contribution < 1.29 is 9.53 Å². The van der Waals surface area contributed by atoms with Crippen LogP contribution in [0.2, 0.25) is 0 Å². The second-order valence-corrected chi connectivity index (χ2v) is 5.02. The molecule has 2 N–H and O–H groups in total. The Morgan fingerprint density at radius 3 is 3.00 bits per heavy atom. The van der Waals surface area contributed by atoms with Crippen molar-refractivity contribution >= 4 is 16.9 Å². The van der Waals surface area contributed by atoms with E-state index < -0.39 is 0 Å². The van der Waals surface area contributed by atoms with Crippen molar-refractivity contribution in [3.05, 3.63) is 35.5 Å². The molecule has 19 heavy (non-hydrogen) atoms. The number of ether oxygens (including phenoxy) is 1. The van der Waals surface area contributed by atoms with Crippen LogP contribution < -0.4 is 5.32 Å². The van der Waals surface area contributed by atoms with Gasteiger partial charge in [0.1, 0.15) is 6.04 Å². The molecule has 0 saturated carbocycles. The van der Waals surface area contributed by atoms with Gasteiger partial charge in [0.05, 0.1) is 6.61 Å². The van der Waals surface area contributed by atoms with Crippen molar-refractivity contribution in [3.63, 3.8) is 0 Å². The highest BCUT2D eigenvalue weighted by Crippen LogP contribution is 2.32. The fourth-order valence-corrected chi connectivity index (χ4v) is 2.83. The van der Waals surface area contributed by atoms with Crippen LogP contribution in [0.1, 0.15) is 31.1 Å². The number of nitrogens with one attached hydrogen (secondary N) is 2. The normalized spacial score (nSPS) is 22.2. The van der Waals surface area contributed by atoms with E-state index in [1.165, 1.54) is 10.9 Å². The zero-order chi connectivity index (χ0) is 13.4. The van der Waals surface area contributed by atoms with E-state index in [9.17, 15) is 4.79 Å². The number of aromatic amines is 1. The van der Waals surface area contributed by atoms with Crippen LogP contribution in [0.5, 0.6) is 0 Å². The lowest BCUT2D eigenvalue weighted by Gasteiger charge is -2.27. The van der Waals surface area contributed by atoms with Gasteiger partial charge in [-0.15, -0.1) is 0 Å². The highest BCUT2D eigenvalue weighted by molar-refractivity contribution is 5.88. The third-order valence-electron chi connectivity index (χ3n) is 3.62. The molecule has 0 aliphatic carbocycles. The molecule has 0 bridgehead atoms. The third kappa shape index (κ3) is 2.02. The molecule has 0 spiro atoms. The summed E-state index contributed by atoms with van der Waals surface area (Å²) in [5, 5.41) is 4.52. The molecule has 2 atom stereocenters. The maximum Gasteiger partial charge on any atom is 0.329 e. The number of H-pyrrole nitrogens is 1. The van der Waals surface area contributed by atoms with Gasteiger partial charge in [-0.05, 0) is 31.9 Å². The summed E-state index contributed by atoms with van der Waals surface area (Å²) in [5.74, 6) is -0.207. The van der Waals surface area contributed by atoms with Crippen molar-refractivity contribution in [2.45, 2.75) is 32.4 Å². The number of carbonyl (C=O) groups is 1. The van der Waals surface area contributed by atoms with E-state index in [0.29, 0.717) is 6.61 Å². The molecule has 3 rings (SSSR count). The van der Waals surface area contributed by atoms with Crippen LogP contribution >= 0.6 is 0 Å². The van der Waals surface area contributed by atoms with Gasteiger partial charge < -0.3 is 9.72 Å². The summed E-state index contributed by atoms with van der Waals surface area (Å²) in [7, 11) is 0. The SMILES string of the molecule is CCOC(=O)C1NC(C)Cc2c1[nH]c1ccccc21. The second kappa shape index (κ2) is 4.70. The first-order valence-corrected chi connectivity index (χ1v) is 6.73. The maximum atomic E-state index is 12.1. The fraction of sp³-hybridized carbons (Fsp3) is 0.400. The first-order chi connectivity index (χ1) is 9.20. The van der Waals surface area contributed by atoms with Crippen LogP contribution in [0.3, 0.4) is 0 Å². The van der Waals surface area contributed by atoms with Gasteiger partial charge in [0, 0.05) is 22.6 Å². The highest BCUT2D eigenvalue weighted by Gasteiger charge is 2.32. The molecule has 4 nitrogen and oxygen atoms in total. The van der Waals surface area contributed by atoms with E-state index in [0.717, 1.165) is 17.6 Å². The average molecular weight is 258 g/mol. The van der Waals surface area contributed by atoms with Crippen molar-refractivity contribution in [1.29, 1.82) is 0 Å². The van der Waals surface area contributed by atoms with Gasteiger partial charge in [0.15, 0.2) is 0 Å². The number of carbonyl (C=O) groups excluding carboxylic acids is 1. The van der Waals surface area contributed by atoms with Gasteiger partial charge in [-0.1, -0.05) is 18.2 Å². The molecule has 2 unspecified atom stereocenters. The predicted octanol–water partition coefficient (Wildman–Crippen LogP) is 2.31. The van der Waals surface area contributed by atoms with Gasteiger partial charge in [0.25, 0.3) is 0 Å². The average Bonchev–Trinajstić information content (AvgIpc) is 2.77. The summed E-state index contributed by atoms with van der Waals surface area (Å²) in [4.78, 5) is 15.4. The molecule has 1 aliphatic rings. The predicted molar refractivity (Wildman–Crippen MR) is 74.0 cm³/mol. The van der Waals surface area contributed by atoms with Crippen LogP contribution in [0.4, 0.5) is 0 Å². The van der Waals surface area contributed by atoms with Crippen molar-refractivity contribution in [2.75, 3.05) is 6.61 Å². The second-order valence-electron chi connectivity index (χ2n) is 5.02. The molecule has 4 heteroatoms. The number of benzene rings is 1. The quantitative estimate of drug-likeness (QED) is 0.813. The Morgan fingerprint density at radius 2 is 2.21 bits per heavy atom. The molecule has 0 amide bonds. The van der Waals surface area contributed by atoms with Gasteiger partial charge in [-0.25, -0.2) is 4.79 Å². The highest BCUT2D eigenvalue weighted by atomic mass is 16.5. The van der Waals surface area contributed by atoms with Crippen LogP contribution in [0, 0.1) is 0 Å². The molecular formula is C15H18N2O2. The minimum absolute atomic E-state index is 0.207. The number of hydrogen-bond donors (Lipinski definition) is 2. The zero-order valence-corrected chi connectivity index (χ0v) is 11.2. The molecule has 1 aromatic heterocycles. The van der Waals surface area contributed by atoms with E-state index in [1.807, 2.05) is 25.1 Å². The monoisotopic (exact) mass is 258 g/mol. The largest absolute Gasteiger partial charge is 0.465 e. The lowest BCUT2D eigenvalue weighted by Crippen LogP contribution is -2.41. The summed E-state index contributed by atoms with van der Waals surface area (Å²) >= 11 is 0. The molecule has 1 aromatic carbocycles. The van der Waals surface area contributed by atoms with E-state index in [4.69, 9.17) is 4.74 Å². The number of aromatic nitrogens is 1. The molecule has 1 aliphatic heterocycles. The van der Waals surface area contributed by atoms with Crippen molar-refractivity contribution in [1.82, 2.24) is 10.3 Å². The van der Waals surface area contributed by atoms with Crippen molar-refractivity contribution in [3.8, 4) is 0 Å². The molecule has 0 saturated heterocycles. The van der Waals surface area contributed by atoms with E-state index in [-0.39, 0.29) is 18.1 Å². The Kier molecular flexibility index (Phi) is 3.03. The lowest BCUT2D eigenvalue weighted by atomic mass is 9.95. The summed E-state index contributed by atoms with van der Waals surface area (Å²) in [5.41, 5.74) is 3.27. The topological polar surface area (TPSA) is 54.1 Å². The number of rotatable bonds is 2. The Labute approximate surface area is 112 Å². The Bertz CT molecular complexity index is 618. The summed E-state index contributed by atoms with van der Waals surface area (Å²) in [6.45, 7) is 4.33. The van der Waals surface area contributed by atoms with Gasteiger partial charge in [0.2, 0.25) is 0 Å². The lowest BCUT2D eigenvalue weighted by molar-refractivity contribution is -0.146. The summed E-state index contributed by atoms with van der Waals surface area (Å²) < 4.78 is 5.16. The van der Waals surface area contributed by atoms with Crippen LogP contribution in [-0.2, 0) is 16.0 Å². The van der Waals surface area contributed by atoms with Crippen molar-refractivity contribution in [2.24, 2.45) is 0 Å². The molecular weight excluding hydrogens is 240 g/mol. The van der Waals surface area contributed by atoms with Crippen LogP contribution in [0.15, 0.2) is 24.3 Å². The number of fused-ring (bicyclic) bond motifs is 3. The first kappa shape index (κ1) is 12.2. The Balaban J connectivity index is 2.10. The molecule has 0 radical (unpaired) electrons. The molecule has 0 fully saturated rings. The van der Waals surface area contributed by atoms with Gasteiger partial charge in [-0.3, -0.25) is 5.32 Å². The Hall–Kier alpha value is -1.81. The van der Waals surface area contributed by atoms with Crippen LogP contribution in [-0.4, -0.2) is 23.6 Å². The van der Waals surface area contributed by atoms with E-state index >= 15 is 0 Å². The maximum absolute atomic E-state index is 12.1. The minimum atomic E-state index is -0.383. The third-order valence-corrected chi connectivity index (χ3v) is 3.62. The number of hydrogen-bond acceptors (Lipinski definition) is 3. The number of para-hydroxylation sites is 1.